The van der Waals surface area contributed by atoms with E-state index in [1.54, 1.807) is 0 Å². The highest BCUT2D eigenvalue weighted by Crippen LogP contribution is 2.06. The smallest absolute Gasteiger partial charge is 0.394 e. The van der Waals surface area contributed by atoms with E-state index in [1.165, 1.54) is 24.3 Å². The maximum atomic E-state index is 11.3. The van der Waals surface area contributed by atoms with Crippen molar-refractivity contribution in [2.24, 2.45) is 5.11 Å². The van der Waals surface area contributed by atoms with E-state index in [1.807, 2.05) is 4.91 Å². The van der Waals surface area contributed by atoms with E-state index in [0.717, 1.165) is 0 Å². The molecule has 21 heavy (non-hydrogen) atoms. The van der Waals surface area contributed by atoms with Crippen LogP contribution in [0.2, 0.25) is 0 Å². The molecule has 0 saturated carbocycles. The predicted octanol–water partition coefficient (Wildman–Crippen LogP) is 1.51. The van der Waals surface area contributed by atoms with Crippen LogP contribution in [0.5, 0.6) is 0 Å². The highest BCUT2D eigenvalue weighted by Gasteiger charge is 2.09. The second-order valence-corrected chi connectivity index (χ2v) is 3.22. The number of azide groups is 1. The van der Waals surface area contributed by atoms with Crippen LogP contribution in [0.25, 0.3) is 10.4 Å². The van der Waals surface area contributed by atoms with Gasteiger partial charge in [-0.05, 0) is 23.7 Å². The van der Waals surface area contributed by atoms with Crippen molar-refractivity contribution in [2.45, 2.75) is 0 Å². The summed E-state index contributed by atoms with van der Waals surface area (Å²) in [6.45, 7) is -0.361. The number of carboxylic acids is 1. The fraction of sp³-hybridized carbons (Fsp3) is 0.182. The number of rotatable bonds is 4. The van der Waals surface area contributed by atoms with E-state index in [2.05, 4.69) is 9.85 Å². The maximum Gasteiger partial charge on any atom is 0.394 e. The van der Waals surface area contributed by atoms with Gasteiger partial charge in [0.2, 0.25) is 0 Å². The van der Waals surface area contributed by atoms with Crippen molar-refractivity contribution in [1.82, 2.24) is 0 Å². The van der Waals surface area contributed by atoms with Crippen LogP contribution in [0.15, 0.2) is 29.4 Å². The molecule has 0 heterocycles. The lowest BCUT2D eigenvalue weighted by Gasteiger charge is -2.03. The summed E-state index contributed by atoms with van der Waals surface area (Å²) in [6, 6.07) is 5.51. The first-order chi connectivity index (χ1) is 9.92. The Morgan fingerprint density at radius 1 is 1.24 bits per heavy atom. The molecule has 0 saturated heterocycles. The van der Waals surface area contributed by atoms with Gasteiger partial charge < -0.3 is 20.1 Å². The fourth-order valence-corrected chi connectivity index (χ4v) is 1.04. The lowest BCUT2D eigenvalue weighted by molar-refractivity contribution is 0.0433. The molecule has 1 rings (SSSR count). The molecule has 1 aromatic carbocycles. The van der Waals surface area contributed by atoms with E-state index in [0.29, 0.717) is 0 Å². The van der Waals surface area contributed by atoms with Crippen LogP contribution >= 0.6 is 0 Å². The monoisotopic (exact) mass is 297 g/mol. The van der Waals surface area contributed by atoms with Gasteiger partial charge in [0.05, 0.1) is 17.7 Å². The number of esters is 1. The van der Waals surface area contributed by atoms with Gasteiger partial charge in [-0.1, -0.05) is 6.07 Å². The molecule has 0 fully saturated rings. The van der Waals surface area contributed by atoms with Gasteiger partial charge in [-0.25, -0.2) is 14.4 Å². The lowest BCUT2D eigenvalue weighted by Crippen LogP contribution is -2.09. The van der Waals surface area contributed by atoms with Gasteiger partial charge in [-0.2, -0.15) is 0 Å². The standard InChI is InChI=1S/C10H10O5.CHN3O2/c11-4-5-15-10(14)8-3-1-2-7(6-8)9(12)13;2-4-3-1(5)6/h1-3,6,11H,4-5H2,(H,12,13);(H,5,6). The molecule has 0 spiro atoms. The molecule has 1 amide bonds. The zero-order valence-corrected chi connectivity index (χ0v) is 10.5. The molecular formula is C11H11N3O7. The second kappa shape index (κ2) is 9.78. The highest BCUT2D eigenvalue weighted by molar-refractivity contribution is 5.94. The summed E-state index contributed by atoms with van der Waals surface area (Å²) in [6.07, 6.45) is -1.50. The van der Waals surface area contributed by atoms with Crippen molar-refractivity contribution >= 4 is 18.0 Å². The van der Waals surface area contributed by atoms with Gasteiger partial charge in [0, 0.05) is 10.0 Å². The largest absolute Gasteiger partial charge is 0.478 e. The first-order valence-electron chi connectivity index (χ1n) is 5.31. The summed E-state index contributed by atoms with van der Waals surface area (Å²) < 4.78 is 4.63. The summed E-state index contributed by atoms with van der Waals surface area (Å²) in [5.41, 5.74) is 7.49. The van der Waals surface area contributed by atoms with Gasteiger partial charge in [0.1, 0.15) is 6.61 Å². The molecule has 10 nitrogen and oxygen atoms in total. The summed E-state index contributed by atoms with van der Waals surface area (Å²) in [5, 5.41) is 26.8. The summed E-state index contributed by atoms with van der Waals surface area (Å²) in [4.78, 5) is 33.0. The van der Waals surface area contributed by atoms with E-state index in [4.69, 9.17) is 20.9 Å². The number of nitrogens with zero attached hydrogens (tertiary/aromatic N) is 3. The molecule has 0 bridgehead atoms. The molecule has 0 aromatic heterocycles. The topological polar surface area (TPSA) is 170 Å². The molecule has 3 N–H and O–H groups in total. The van der Waals surface area contributed by atoms with Crippen molar-refractivity contribution in [2.75, 3.05) is 13.2 Å². The minimum atomic E-state index is -1.50. The van der Waals surface area contributed by atoms with Crippen LogP contribution in [0.3, 0.4) is 0 Å². The Bertz CT molecular complexity index is 567. The third kappa shape index (κ3) is 7.82. The normalized spacial score (nSPS) is 8.62. The van der Waals surface area contributed by atoms with Gasteiger partial charge >= 0.3 is 18.0 Å². The molecule has 0 aliphatic carbocycles. The lowest BCUT2D eigenvalue weighted by atomic mass is 10.1. The number of benzene rings is 1. The number of aromatic carboxylic acids is 1. The Hall–Kier alpha value is -3.10. The van der Waals surface area contributed by atoms with Crippen molar-refractivity contribution in [3.05, 3.63) is 45.8 Å². The Labute approximate surface area is 117 Å². The average molecular weight is 297 g/mol. The first kappa shape index (κ1) is 17.9. The van der Waals surface area contributed by atoms with Crippen LogP contribution in [-0.2, 0) is 4.74 Å². The fourth-order valence-electron chi connectivity index (χ4n) is 1.04. The van der Waals surface area contributed by atoms with Crippen molar-refractivity contribution < 1.29 is 34.4 Å². The molecule has 0 atom stereocenters. The number of carbonyl (C=O) groups excluding carboxylic acids is 1. The minimum absolute atomic E-state index is 0.0217. The molecule has 112 valence electrons. The number of amides is 1. The van der Waals surface area contributed by atoms with Crippen molar-refractivity contribution in [1.29, 1.82) is 0 Å². The molecular weight excluding hydrogens is 286 g/mol. The van der Waals surface area contributed by atoms with E-state index in [-0.39, 0.29) is 24.3 Å². The van der Waals surface area contributed by atoms with Crippen LogP contribution in [0.4, 0.5) is 4.79 Å². The first-order valence-corrected chi connectivity index (χ1v) is 5.31. The van der Waals surface area contributed by atoms with Gasteiger partial charge in [-0.3, -0.25) is 0 Å². The van der Waals surface area contributed by atoms with E-state index < -0.39 is 18.0 Å². The number of ether oxygens (including phenoxy) is 1. The van der Waals surface area contributed by atoms with E-state index >= 15 is 0 Å². The average Bonchev–Trinajstić information content (AvgIpc) is 2.45. The summed E-state index contributed by atoms with van der Waals surface area (Å²) >= 11 is 0. The Morgan fingerprint density at radius 3 is 2.29 bits per heavy atom. The van der Waals surface area contributed by atoms with Gasteiger partial charge in [0.15, 0.2) is 0 Å². The number of hydrogen-bond donors (Lipinski definition) is 3. The number of carboxylic acid groups (broad SMARTS) is 2. The third-order valence-electron chi connectivity index (χ3n) is 1.80. The van der Waals surface area contributed by atoms with Gasteiger partial charge in [0.25, 0.3) is 0 Å². The Kier molecular flexibility index (Phi) is 8.34. The molecule has 0 radical (unpaired) electrons. The number of hydrogen-bond acceptors (Lipinski definition) is 5. The number of carbonyl (C=O) groups is 3. The maximum absolute atomic E-state index is 11.3. The third-order valence-corrected chi connectivity index (χ3v) is 1.80. The minimum Gasteiger partial charge on any atom is -0.478 e. The zero-order chi connectivity index (χ0) is 16.3. The summed E-state index contributed by atoms with van der Waals surface area (Å²) in [5.74, 6) is -1.75. The number of aliphatic hydroxyl groups is 1. The van der Waals surface area contributed by atoms with E-state index in [9.17, 15) is 14.4 Å². The zero-order valence-electron chi connectivity index (χ0n) is 10.5. The Balaban J connectivity index is 0.000000567. The molecule has 0 aliphatic rings. The molecule has 1 aromatic rings. The highest BCUT2D eigenvalue weighted by atomic mass is 16.5. The Morgan fingerprint density at radius 2 is 1.86 bits per heavy atom. The van der Waals surface area contributed by atoms with Gasteiger partial charge in [-0.15, -0.1) is 0 Å². The van der Waals surface area contributed by atoms with Crippen LogP contribution in [0.1, 0.15) is 20.7 Å². The van der Waals surface area contributed by atoms with Crippen LogP contribution in [-0.4, -0.2) is 46.6 Å². The van der Waals surface area contributed by atoms with Crippen LogP contribution < -0.4 is 0 Å². The van der Waals surface area contributed by atoms with Crippen molar-refractivity contribution in [3.8, 4) is 0 Å². The molecule has 10 heteroatoms. The van der Waals surface area contributed by atoms with Crippen molar-refractivity contribution in [3.63, 3.8) is 0 Å². The second-order valence-electron chi connectivity index (χ2n) is 3.22. The number of aliphatic hydroxyl groups excluding tert-OH is 1. The molecule has 0 aliphatic heterocycles. The SMILES string of the molecule is O=C(O)c1cccc(C(=O)OCCO)c1.[N-]=[N+]=NC(=O)O. The predicted molar refractivity (Wildman–Crippen MR) is 67.9 cm³/mol. The molecule has 0 unspecified atom stereocenters. The quantitative estimate of drug-likeness (QED) is 0.327. The van der Waals surface area contributed by atoms with Crippen LogP contribution in [0, 0.1) is 0 Å². The summed E-state index contributed by atoms with van der Waals surface area (Å²) in [7, 11) is 0.